The molecule has 3 atom stereocenters. The van der Waals surface area contributed by atoms with Gasteiger partial charge in [0.2, 0.25) is 5.91 Å². The lowest BCUT2D eigenvalue weighted by atomic mass is 9.95. The molecule has 2 rings (SSSR count). The molecule has 2 aromatic rings. The maximum Gasteiger partial charge on any atom is 0.408 e. The van der Waals surface area contributed by atoms with E-state index in [9.17, 15) is 14.4 Å². The monoisotopic (exact) mass is 597 g/mol. The Kier molecular flexibility index (Phi) is 13.4. The highest BCUT2D eigenvalue weighted by Crippen LogP contribution is 2.31. The van der Waals surface area contributed by atoms with Crippen LogP contribution in [0.5, 0.6) is 0 Å². The first-order valence-electron chi connectivity index (χ1n) is 14.9. The largest absolute Gasteiger partial charge is 0.444 e. The van der Waals surface area contributed by atoms with E-state index in [1.807, 2.05) is 70.3 Å². The van der Waals surface area contributed by atoms with Crippen molar-refractivity contribution in [3.63, 3.8) is 0 Å². The first-order chi connectivity index (χ1) is 19.6. The number of aryl methyl sites for hydroxylation is 3. The van der Waals surface area contributed by atoms with Gasteiger partial charge in [-0.05, 0) is 103 Å². The molecule has 2 aromatic carbocycles. The molecule has 42 heavy (non-hydrogen) atoms. The molecule has 0 heterocycles. The van der Waals surface area contributed by atoms with Crippen LogP contribution >= 0.6 is 11.8 Å². The van der Waals surface area contributed by atoms with Crippen molar-refractivity contribution in [3.05, 3.63) is 64.7 Å². The summed E-state index contributed by atoms with van der Waals surface area (Å²) in [5, 5.41) is 5.95. The van der Waals surface area contributed by atoms with Crippen molar-refractivity contribution in [3.8, 4) is 0 Å². The quantitative estimate of drug-likeness (QED) is 0.248. The topological polar surface area (TPSA) is 87.7 Å². The summed E-state index contributed by atoms with van der Waals surface area (Å²) >= 11 is 1.60. The van der Waals surface area contributed by atoms with E-state index in [-0.39, 0.29) is 17.9 Å². The normalized spacial score (nSPS) is 13.7. The Hall–Kier alpha value is -3.00. The van der Waals surface area contributed by atoms with Crippen LogP contribution in [0, 0.1) is 26.7 Å². The second kappa shape index (κ2) is 16.0. The van der Waals surface area contributed by atoms with Crippen LogP contribution in [-0.4, -0.2) is 52.5 Å². The third-order valence-corrected chi connectivity index (χ3v) is 7.62. The Morgan fingerprint density at radius 1 is 0.929 bits per heavy atom. The molecule has 2 N–H and O–H groups in total. The average molecular weight is 598 g/mol. The van der Waals surface area contributed by atoms with E-state index in [1.165, 1.54) is 0 Å². The number of rotatable bonds is 13. The average Bonchev–Trinajstić information content (AvgIpc) is 2.87. The zero-order valence-electron chi connectivity index (χ0n) is 27.2. The number of ether oxygens (including phenoxy) is 1. The summed E-state index contributed by atoms with van der Waals surface area (Å²) in [5.74, 6) is 0.497. The molecular weight excluding hydrogens is 546 g/mol. The van der Waals surface area contributed by atoms with Crippen molar-refractivity contribution in [2.75, 3.05) is 17.3 Å². The molecule has 7 nitrogen and oxygen atoms in total. The number of carbonyl (C=O) groups excluding carboxylic acids is 3. The number of anilines is 1. The number of para-hydroxylation sites is 1. The molecule has 0 aliphatic carbocycles. The van der Waals surface area contributed by atoms with Crippen molar-refractivity contribution in [2.45, 2.75) is 105 Å². The molecule has 0 radical (unpaired) electrons. The number of amides is 3. The molecule has 0 saturated heterocycles. The first-order valence-corrected chi connectivity index (χ1v) is 16.3. The summed E-state index contributed by atoms with van der Waals surface area (Å²) in [6, 6.07) is 11.6. The van der Waals surface area contributed by atoms with E-state index in [2.05, 4.69) is 30.5 Å². The summed E-state index contributed by atoms with van der Waals surface area (Å²) in [5.41, 5.74) is 3.67. The lowest BCUT2D eigenvalue weighted by Crippen LogP contribution is -2.55. The van der Waals surface area contributed by atoms with Gasteiger partial charge in [-0.3, -0.25) is 9.59 Å². The van der Waals surface area contributed by atoms with E-state index >= 15 is 0 Å². The fraction of sp³-hybridized carbons (Fsp3) is 0.559. The van der Waals surface area contributed by atoms with Gasteiger partial charge in [0.15, 0.2) is 0 Å². The molecule has 8 heteroatoms. The molecule has 232 valence electrons. The fourth-order valence-electron chi connectivity index (χ4n) is 4.96. The second-order valence-electron chi connectivity index (χ2n) is 12.7. The summed E-state index contributed by atoms with van der Waals surface area (Å²) in [4.78, 5) is 43.5. The fourth-order valence-corrected chi connectivity index (χ4v) is 5.43. The minimum Gasteiger partial charge on any atom is -0.444 e. The molecule has 3 unspecified atom stereocenters. The van der Waals surface area contributed by atoms with Crippen LogP contribution in [0.4, 0.5) is 10.5 Å². The molecule has 3 amide bonds. The van der Waals surface area contributed by atoms with Gasteiger partial charge in [-0.1, -0.05) is 61.4 Å². The molecule has 0 fully saturated rings. The molecular formula is C34H51N3O4S. The Bertz CT molecular complexity index is 1190. The van der Waals surface area contributed by atoms with Gasteiger partial charge in [0, 0.05) is 11.7 Å². The number of carbonyl (C=O) groups is 3. The van der Waals surface area contributed by atoms with Crippen LogP contribution < -0.4 is 10.6 Å². The third kappa shape index (κ3) is 11.0. The van der Waals surface area contributed by atoms with Gasteiger partial charge in [0.25, 0.3) is 5.91 Å². The highest BCUT2D eigenvalue weighted by Gasteiger charge is 2.39. The number of benzene rings is 2. The smallest absolute Gasteiger partial charge is 0.408 e. The van der Waals surface area contributed by atoms with Crippen molar-refractivity contribution in [1.29, 1.82) is 0 Å². The number of alkyl carbamates (subject to hydrolysis) is 1. The Morgan fingerprint density at radius 2 is 1.55 bits per heavy atom. The summed E-state index contributed by atoms with van der Waals surface area (Å²) in [6.07, 6.45) is 3.32. The zero-order chi connectivity index (χ0) is 31.6. The van der Waals surface area contributed by atoms with E-state index < -0.39 is 23.8 Å². The van der Waals surface area contributed by atoms with E-state index in [0.717, 1.165) is 28.7 Å². The second-order valence-corrected chi connectivity index (χ2v) is 13.7. The SMILES string of the molecule is CSCCC(NC(=O)OC(C)(C)C)C(=O)N(C(C)CCC(C)C)C(C(=O)Nc1ccccc1C)c1cc(C)cc(C)c1. The number of nitrogens with one attached hydrogen (secondary N) is 2. The van der Waals surface area contributed by atoms with E-state index in [4.69, 9.17) is 4.74 Å². The number of hydrogen-bond acceptors (Lipinski definition) is 5. The first kappa shape index (κ1) is 35.2. The maximum atomic E-state index is 14.6. The third-order valence-electron chi connectivity index (χ3n) is 6.98. The molecule has 0 aliphatic heterocycles. The molecule has 0 spiro atoms. The van der Waals surface area contributed by atoms with Gasteiger partial charge in [0.05, 0.1) is 0 Å². The maximum absolute atomic E-state index is 14.6. The van der Waals surface area contributed by atoms with Gasteiger partial charge >= 0.3 is 6.09 Å². The minimum absolute atomic E-state index is 0.273. The Labute approximate surface area is 257 Å². The zero-order valence-corrected chi connectivity index (χ0v) is 28.0. The van der Waals surface area contributed by atoms with Crippen LogP contribution in [0.2, 0.25) is 0 Å². The van der Waals surface area contributed by atoms with Crippen LogP contribution in [0.15, 0.2) is 42.5 Å². The molecule has 0 aliphatic rings. The molecule has 0 saturated carbocycles. The van der Waals surface area contributed by atoms with Crippen LogP contribution in [0.3, 0.4) is 0 Å². The van der Waals surface area contributed by atoms with Gasteiger partial charge in [-0.2, -0.15) is 11.8 Å². The highest BCUT2D eigenvalue weighted by atomic mass is 32.2. The number of hydrogen-bond donors (Lipinski definition) is 2. The van der Waals surface area contributed by atoms with Crippen LogP contribution in [0.1, 0.15) is 89.1 Å². The van der Waals surface area contributed by atoms with Crippen molar-refractivity contribution in [2.24, 2.45) is 5.92 Å². The van der Waals surface area contributed by atoms with E-state index in [0.29, 0.717) is 30.2 Å². The predicted octanol–water partition coefficient (Wildman–Crippen LogP) is 7.59. The lowest BCUT2D eigenvalue weighted by Gasteiger charge is -2.39. The molecule has 0 bridgehead atoms. The van der Waals surface area contributed by atoms with Crippen molar-refractivity contribution in [1.82, 2.24) is 10.2 Å². The van der Waals surface area contributed by atoms with Crippen molar-refractivity contribution >= 4 is 35.4 Å². The van der Waals surface area contributed by atoms with Crippen LogP contribution in [-0.2, 0) is 14.3 Å². The Morgan fingerprint density at radius 3 is 2.10 bits per heavy atom. The molecule has 0 aromatic heterocycles. The van der Waals surface area contributed by atoms with Gasteiger partial charge in [0.1, 0.15) is 17.7 Å². The van der Waals surface area contributed by atoms with Gasteiger partial charge in [-0.25, -0.2) is 4.79 Å². The van der Waals surface area contributed by atoms with Crippen molar-refractivity contribution < 1.29 is 19.1 Å². The standard InChI is InChI=1S/C34H51N3O4S/c1-22(2)15-16-26(6)37(32(39)29(17-18-42-10)36-33(40)41-34(7,8)9)30(27-20-23(3)19-24(4)21-27)31(38)35-28-14-12-11-13-25(28)5/h11-14,19-22,26,29-30H,15-18H2,1-10H3,(H,35,38)(H,36,40). The summed E-state index contributed by atoms with van der Waals surface area (Å²) < 4.78 is 5.53. The minimum atomic E-state index is -0.907. The summed E-state index contributed by atoms with van der Waals surface area (Å²) in [7, 11) is 0. The predicted molar refractivity (Wildman–Crippen MR) is 175 cm³/mol. The number of thioether (sulfide) groups is 1. The van der Waals surface area contributed by atoms with Gasteiger partial charge in [-0.15, -0.1) is 0 Å². The summed E-state index contributed by atoms with van der Waals surface area (Å²) in [6.45, 7) is 17.6. The highest BCUT2D eigenvalue weighted by molar-refractivity contribution is 7.98. The number of nitrogens with zero attached hydrogens (tertiary/aromatic N) is 1. The van der Waals surface area contributed by atoms with Crippen LogP contribution in [0.25, 0.3) is 0 Å². The van der Waals surface area contributed by atoms with Gasteiger partial charge < -0.3 is 20.3 Å². The lowest BCUT2D eigenvalue weighted by molar-refractivity contribution is -0.143. The van der Waals surface area contributed by atoms with E-state index in [1.54, 1.807) is 37.4 Å². The Balaban J connectivity index is 2.67.